The lowest BCUT2D eigenvalue weighted by atomic mass is 9.88. The molecule has 0 radical (unpaired) electrons. The van der Waals surface area contributed by atoms with E-state index in [2.05, 4.69) is 0 Å². The highest BCUT2D eigenvalue weighted by atomic mass is 16.5. The fourth-order valence-corrected chi connectivity index (χ4v) is 1.28. The first-order chi connectivity index (χ1) is 5.91. The van der Waals surface area contributed by atoms with E-state index >= 15 is 0 Å². The maximum absolute atomic E-state index is 11.1. The van der Waals surface area contributed by atoms with Crippen molar-refractivity contribution in [1.29, 1.82) is 0 Å². The minimum atomic E-state index is -0.451. The lowest BCUT2D eigenvalue weighted by Crippen LogP contribution is -2.41. The van der Waals surface area contributed by atoms with Crippen molar-refractivity contribution < 1.29 is 9.53 Å². The monoisotopic (exact) mass is 185 g/mol. The van der Waals surface area contributed by atoms with E-state index in [-0.39, 0.29) is 11.3 Å². The minimum absolute atomic E-state index is 0.194. The normalized spacial score (nSPS) is 19.9. The molecule has 1 fully saturated rings. The number of amides is 1. The molecular formula is C10H19NO2. The van der Waals surface area contributed by atoms with Crippen LogP contribution < -0.4 is 5.73 Å². The first-order valence-corrected chi connectivity index (χ1v) is 4.82. The largest absolute Gasteiger partial charge is 0.368 e. The third kappa shape index (κ3) is 3.35. The van der Waals surface area contributed by atoms with E-state index < -0.39 is 6.10 Å². The van der Waals surface area contributed by atoms with Gasteiger partial charge in [0.05, 0.1) is 6.61 Å². The van der Waals surface area contributed by atoms with Gasteiger partial charge in [0.25, 0.3) is 0 Å². The van der Waals surface area contributed by atoms with Crippen LogP contribution in [0.15, 0.2) is 0 Å². The summed E-state index contributed by atoms with van der Waals surface area (Å²) in [5, 5.41) is 0. The van der Waals surface area contributed by atoms with Gasteiger partial charge in [-0.3, -0.25) is 4.79 Å². The van der Waals surface area contributed by atoms with Crippen LogP contribution in [-0.2, 0) is 9.53 Å². The van der Waals surface area contributed by atoms with Crippen LogP contribution in [0.25, 0.3) is 0 Å². The van der Waals surface area contributed by atoms with Gasteiger partial charge in [0.15, 0.2) is 0 Å². The van der Waals surface area contributed by atoms with Gasteiger partial charge in [0.2, 0.25) is 5.91 Å². The van der Waals surface area contributed by atoms with E-state index in [4.69, 9.17) is 10.5 Å². The van der Waals surface area contributed by atoms with Crippen LogP contribution in [0.5, 0.6) is 0 Å². The number of carbonyl (C=O) groups is 1. The third-order valence-electron chi connectivity index (χ3n) is 2.24. The van der Waals surface area contributed by atoms with E-state index in [0.717, 1.165) is 0 Å². The maximum atomic E-state index is 11.1. The van der Waals surface area contributed by atoms with Crippen LogP contribution in [0.2, 0.25) is 0 Å². The average molecular weight is 185 g/mol. The van der Waals surface area contributed by atoms with Gasteiger partial charge in [-0.15, -0.1) is 0 Å². The van der Waals surface area contributed by atoms with Gasteiger partial charge in [-0.2, -0.15) is 0 Å². The fraction of sp³-hybridized carbons (Fsp3) is 0.900. The molecule has 13 heavy (non-hydrogen) atoms. The summed E-state index contributed by atoms with van der Waals surface area (Å²) in [6, 6.07) is 0. The smallest absolute Gasteiger partial charge is 0.247 e. The Morgan fingerprint density at radius 2 is 2.08 bits per heavy atom. The quantitative estimate of drug-likeness (QED) is 0.718. The Balaban J connectivity index is 2.41. The van der Waals surface area contributed by atoms with Crippen molar-refractivity contribution in [3.63, 3.8) is 0 Å². The summed E-state index contributed by atoms with van der Waals surface area (Å²) in [6.07, 6.45) is 2.01. The first-order valence-electron chi connectivity index (χ1n) is 4.82. The van der Waals surface area contributed by atoms with Crippen LogP contribution in [0.1, 0.15) is 33.6 Å². The highest BCUT2D eigenvalue weighted by Crippen LogP contribution is 2.31. The molecule has 0 aromatic rings. The number of carbonyl (C=O) groups excluding carboxylic acids is 1. The predicted octanol–water partition coefficient (Wildman–Crippen LogP) is 1.31. The lowest BCUT2D eigenvalue weighted by Gasteiger charge is -2.27. The molecule has 1 amide bonds. The molecule has 0 bridgehead atoms. The Bertz CT molecular complexity index is 192. The van der Waals surface area contributed by atoms with Crippen molar-refractivity contribution in [2.24, 2.45) is 17.1 Å². The molecule has 76 valence electrons. The molecule has 1 aliphatic carbocycles. The molecule has 0 aromatic carbocycles. The van der Waals surface area contributed by atoms with Gasteiger partial charge >= 0.3 is 0 Å². The van der Waals surface area contributed by atoms with Gasteiger partial charge in [-0.05, 0) is 24.2 Å². The van der Waals surface area contributed by atoms with E-state index in [1.807, 2.05) is 20.8 Å². The van der Waals surface area contributed by atoms with Gasteiger partial charge in [0.1, 0.15) is 6.10 Å². The molecule has 0 spiro atoms. The molecule has 0 saturated heterocycles. The Morgan fingerprint density at radius 1 is 1.54 bits per heavy atom. The van der Waals surface area contributed by atoms with Crippen LogP contribution in [0, 0.1) is 11.3 Å². The number of hydrogen-bond donors (Lipinski definition) is 1. The van der Waals surface area contributed by atoms with E-state index in [1.54, 1.807) is 0 Å². The average Bonchev–Trinajstić information content (AvgIpc) is 2.66. The zero-order valence-electron chi connectivity index (χ0n) is 8.67. The van der Waals surface area contributed by atoms with Crippen LogP contribution in [0.3, 0.4) is 0 Å². The van der Waals surface area contributed by atoms with E-state index in [1.165, 1.54) is 12.8 Å². The standard InChI is InChI=1S/C10H19NO2/c1-10(2,3)8(9(11)12)13-6-7-4-5-7/h7-8H,4-6H2,1-3H3,(H2,11,12). The summed E-state index contributed by atoms with van der Waals surface area (Å²) in [7, 11) is 0. The molecule has 1 rings (SSSR count). The van der Waals surface area contributed by atoms with Gasteiger partial charge < -0.3 is 10.5 Å². The van der Waals surface area contributed by atoms with Crippen LogP contribution in [-0.4, -0.2) is 18.6 Å². The van der Waals surface area contributed by atoms with Gasteiger partial charge in [-0.1, -0.05) is 20.8 Å². The SMILES string of the molecule is CC(C)(C)C(OCC1CC1)C(N)=O. The molecular weight excluding hydrogens is 166 g/mol. The highest BCUT2D eigenvalue weighted by molar-refractivity contribution is 5.79. The topological polar surface area (TPSA) is 52.3 Å². The Hall–Kier alpha value is -0.570. The third-order valence-corrected chi connectivity index (χ3v) is 2.24. The molecule has 3 nitrogen and oxygen atoms in total. The summed E-state index contributed by atoms with van der Waals surface area (Å²) in [4.78, 5) is 11.1. The maximum Gasteiger partial charge on any atom is 0.247 e. The van der Waals surface area contributed by atoms with Crippen molar-refractivity contribution in [1.82, 2.24) is 0 Å². The second kappa shape index (κ2) is 3.66. The minimum Gasteiger partial charge on any atom is -0.368 e. The zero-order chi connectivity index (χ0) is 10.1. The van der Waals surface area contributed by atoms with Gasteiger partial charge in [-0.25, -0.2) is 0 Å². The zero-order valence-corrected chi connectivity index (χ0v) is 8.67. The summed E-state index contributed by atoms with van der Waals surface area (Å²) < 4.78 is 5.52. The molecule has 0 aromatic heterocycles. The number of nitrogens with two attached hydrogens (primary N) is 1. The molecule has 0 aliphatic heterocycles. The summed E-state index contributed by atoms with van der Waals surface area (Å²) in [5.41, 5.74) is 5.07. The van der Waals surface area contributed by atoms with Gasteiger partial charge in [0, 0.05) is 0 Å². The van der Waals surface area contributed by atoms with Crippen molar-refractivity contribution >= 4 is 5.91 Å². The van der Waals surface area contributed by atoms with Crippen molar-refractivity contribution in [3.05, 3.63) is 0 Å². The number of hydrogen-bond acceptors (Lipinski definition) is 2. The molecule has 1 unspecified atom stereocenters. The van der Waals surface area contributed by atoms with Crippen LogP contribution in [0.4, 0.5) is 0 Å². The summed E-state index contributed by atoms with van der Waals surface area (Å²) >= 11 is 0. The van der Waals surface area contributed by atoms with E-state index in [9.17, 15) is 4.79 Å². The first kappa shape index (κ1) is 10.5. The second-order valence-electron chi connectivity index (χ2n) is 4.93. The summed E-state index contributed by atoms with van der Waals surface area (Å²) in [5.74, 6) is 0.317. The van der Waals surface area contributed by atoms with Crippen molar-refractivity contribution in [3.8, 4) is 0 Å². The lowest BCUT2D eigenvalue weighted by molar-refractivity contribution is -0.137. The molecule has 0 heterocycles. The molecule has 1 saturated carbocycles. The molecule has 3 heteroatoms. The highest BCUT2D eigenvalue weighted by Gasteiger charge is 2.32. The Kier molecular flexibility index (Phi) is 2.96. The Labute approximate surface area is 79.6 Å². The predicted molar refractivity (Wildman–Crippen MR) is 51.1 cm³/mol. The molecule has 1 aliphatic rings. The molecule has 1 atom stereocenters. The number of primary amides is 1. The summed E-state index contributed by atoms with van der Waals surface area (Å²) in [6.45, 7) is 6.59. The second-order valence-corrected chi connectivity index (χ2v) is 4.93. The van der Waals surface area contributed by atoms with E-state index in [0.29, 0.717) is 12.5 Å². The number of ether oxygens (including phenoxy) is 1. The van der Waals surface area contributed by atoms with Crippen LogP contribution >= 0.6 is 0 Å². The Morgan fingerprint density at radius 3 is 2.38 bits per heavy atom. The number of rotatable bonds is 4. The molecule has 2 N–H and O–H groups in total. The fourth-order valence-electron chi connectivity index (χ4n) is 1.28. The van der Waals surface area contributed by atoms with Crippen molar-refractivity contribution in [2.75, 3.05) is 6.61 Å². The van der Waals surface area contributed by atoms with Crippen molar-refractivity contribution in [2.45, 2.75) is 39.7 Å².